The molecule has 4 nitrogen and oxygen atoms in total. The van der Waals surface area contributed by atoms with Crippen molar-refractivity contribution in [3.8, 4) is 0 Å². The third-order valence-corrected chi connectivity index (χ3v) is 3.27. The smallest absolute Gasteiger partial charge is 0.0826 e. The minimum Gasteiger partial charge on any atom is -0.375 e. The Morgan fingerprint density at radius 1 is 1.05 bits per heavy atom. The van der Waals surface area contributed by atoms with Crippen molar-refractivity contribution in [1.29, 1.82) is 0 Å². The highest BCUT2D eigenvalue weighted by Gasteiger charge is 2.21. The summed E-state index contributed by atoms with van der Waals surface area (Å²) in [5.74, 6) is 0. The molecule has 0 saturated heterocycles. The molecular formula is C16H37N3O. The number of likely N-dealkylation sites (N-methyl/N-ethyl adjacent to an activating group) is 1. The van der Waals surface area contributed by atoms with E-state index in [9.17, 15) is 0 Å². The lowest BCUT2D eigenvalue weighted by Gasteiger charge is -2.30. The molecule has 1 unspecified atom stereocenters. The number of rotatable bonds is 11. The van der Waals surface area contributed by atoms with E-state index in [2.05, 4.69) is 71.0 Å². The second kappa shape index (κ2) is 9.72. The van der Waals surface area contributed by atoms with Gasteiger partial charge >= 0.3 is 0 Å². The van der Waals surface area contributed by atoms with Crippen LogP contribution in [0.25, 0.3) is 0 Å². The summed E-state index contributed by atoms with van der Waals surface area (Å²) in [4.78, 5) is 4.43. The molecule has 0 spiro atoms. The zero-order valence-corrected chi connectivity index (χ0v) is 15.0. The van der Waals surface area contributed by atoms with Gasteiger partial charge in [-0.25, -0.2) is 0 Å². The molecule has 0 saturated carbocycles. The Kier molecular flexibility index (Phi) is 9.64. The van der Waals surface area contributed by atoms with Crippen LogP contribution in [0, 0.1) is 5.41 Å². The molecule has 0 aromatic heterocycles. The van der Waals surface area contributed by atoms with Gasteiger partial charge in [0.1, 0.15) is 0 Å². The topological polar surface area (TPSA) is 27.7 Å². The molecule has 0 aliphatic carbocycles. The maximum Gasteiger partial charge on any atom is 0.0826 e. The van der Waals surface area contributed by atoms with E-state index in [-0.39, 0.29) is 11.5 Å². The van der Waals surface area contributed by atoms with Crippen LogP contribution in [0.2, 0.25) is 0 Å². The lowest BCUT2D eigenvalue weighted by Crippen LogP contribution is -2.41. The first-order chi connectivity index (χ1) is 9.12. The van der Waals surface area contributed by atoms with Crippen molar-refractivity contribution in [3.05, 3.63) is 0 Å². The van der Waals surface area contributed by atoms with Gasteiger partial charge < -0.3 is 19.9 Å². The fourth-order valence-electron chi connectivity index (χ4n) is 1.89. The average molecular weight is 287 g/mol. The SMILES string of the molecule is CC(C)NCC(CN(C)C)OCC(C)(C)CCN(C)C. The van der Waals surface area contributed by atoms with Crippen molar-refractivity contribution in [1.82, 2.24) is 15.1 Å². The van der Waals surface area contributed by atoms with Gasteiger partial charge in [-0.05, 0) is 46.6 Å². The van der Waals surface area contributed by atoms with Gasteiger partial charge in [0.2, 0.25) is 0 Å². The maximum atomic E-state index is 6.18. The van der Waals surface area contributed by atoms with Gasteiger partial charge in [0.25, 0.3) is 0 Å². The van der Waals surface area contributed by atoms with Crippen molar-refractivity contribution in [3.63, 3.8) is 0 Å². The van der Waals surface area contributed by atoms with Gasteiger partial charge in [-0.1, -0.05) is 27.7 Å². The Hall–Kier alpha value is -0.160. The van der Waals surface area contributed by atoms with Gasteiger partial charge in [-0.2, -0.15) is 0 Å². The summed E-state index contributed by atoms with van der Waals surface area (Å²) >= 11 is 0. The summed E-state index contributed by atoms with van der Waals surface area (Å²) < 4.78 is 6.18. The fraction of sp³-hybridized carbons (Fsp3) is 1.00. The van der Waals surface area contributed by atoms with E-state index < -0.39 is 0 Å². The van der Waals surface area contributed by atoms with Crippen molar-refractivity contribution < 1.29 is 4.74 Å². The van der Waals surface area contributed by atoms with Crippen molar-refractivity contribution in [2.24, 2.45) is 5.41 Å². The van der Waals surface area contributed by atoms with Crippen molar-refractivity contribution >= 4 is 0 Å². The Morgan fingerprint density at radius 2 is 1.65 bits per heavy atom. The van der Waals surface area contributed by atoms with Crippen LogP contribution in [0.4, 0.5) is 0 Å². The molecule has 0 amide bonds. The molecule has 20 heavy (non-hydrogen) atoms. The summed E-state index contributed by atoms with van der Waals surface area (Å²) in [7, 11) is 8.45. The van der Waals surface area contributed by atoms with E-state index >= 15 is 0 Å². The highest BCUT2D eigenvalue weighted by molar-refractivity contribution is 4.73. The van der Waals surface area contributed by atoms with Gasteiger partial charge in [0.15, 0.2) is 0 Å². The van der Waals surface area contributed by atoms with Crippen LogP contribution < -0.4 is 5.32 Å². The van der Waals surface area contributed by atoms with Crippen LogP contribution in [0.5, 0.6) is 0 Å². The lowest BCUT2D eigenvalue weighted by molar-refractivity contribution is -0.0125. The third kappa shape index (κ3) is 11.6. The predicted octanol–water partition coefficient (Wildman–Crippen LogP) is 1.91. The maximum absolute atomic E-state index is 6.18. The monoisotopic (exact) mass is 287 g/mol. The summed E-state index contributed by atoms with van der Waals surface area (Å²) in [5, 5.41) is 3.48. The molecule has 1 atom stereocenters. The van der Waals surface area contributed by atoms with E-state index in [0.717, 1.165) is 32.7 Å². The minimum atomic E-state index is 0.229. The summed E-state index contributed by atoms with van der Waals surface area (Å²) in [6, 6.07) is 0.505. The molecule has 0 aromatic carbocycles. The highest BCUT2D eigenvalue weighted by Crippen LogP contribution is 2.21. The van der Waals surface area contributed by atoms with Gasteiger partial charge in [0.05, 0.1) is 12.7 Å². The number of nitrogens with one attached hydrogen (secondary N) is 1. The van der Waals surface area contributed by atoms with Crippen molar-refractivity contribution in [2.45, 2.75) is 46.3 Å². The second-order valence-corrected chi connectivity index (χ2v) is 7.48. The summed E-state index contributed by atoms with van der Waals surface area (Å²) in [5.41, 5.74) is 0.229. The van der Waals surface area contributed by atoms with Gasteiger partial charge in [0, 0.05) is 19.1 Å². The molecule has 4 heteroatoms. The first-order valence-electron chi connectivity index (χ1n) is 7.77. The zero-order valence-electron chi connectivity index (χ0n) is 15.0. The number of hydrogen-bond donors (Lipinski definition) is 1. The Morgan fingerprint density at radius 3 is 2.10 bits per heavy atom. The number of nitrogens with zero attached hydrogens (tertiary/aromatic N) is 2. The Bertz CT molecular complexity index is 240. The molecule has 1 N–H and O–H groups in total. The van der Waals surface area contributed by atoms with Crippen LogP contribution in [-0.2, 0) is 4.74 Å². The minimum absolute atomic E-state index is 0.229. The molecule has 0 radical (unpaired) electrons. The molecule has 0 aromatic rings. The predicted molar refractivity (Wildman–Crippen MR) is 88.4 cm³/mol. The molecule has 0 bridgehead atoms. The van der Waals surface area contributed by atoms with Crippen molar-refractivity contribution in [2.75, 3.05) is 54.4 Å². The van der Waals surface area contributed by atoms with E-state index in [1.54, 1.807) is 0 Å². The Labute approximate surface area is 126 Å². The quantitative estimate of drug-likeness (QED) is 0.628. The highest BCUT2D eigenvalue weighted by atomic mass is 16.5. The van der Waals surface area contributed by atoms with Crippen LogP contribution in [0.15, 0.2) is 0 Å². The number of hydrogen-bond acceptors (Lipinski definition) is 4. The van der Waals surface area contributed by atoms with E-state index in [0.29, 0.717) is 6.04 Å². The van der Waals surface area contributed by atoms with Crippen LogP contribution >= 0.6 is 0 Å². The zero-order chi connectivity index (χ0) is 15.8. The van der Waals surface area contributed by atoms with Gasteiger partial charge in [-0.15, -0.1) is 0 Å². The molecule has 122 valence electrons. The Balaban J connectivity index is 4.20. The first kappa shape index (κ1) is 19.8. The summed E-state index contributed by atoms with van der Waals surface area (Å²) in [6.45, 7) is 12.7. The van der Waals surface area contributed by atoms with E-state index in [1.165, 1.54) is 0 Å². The van der Waals surface area contributed by atoms with Gasteiger partial charge in [-0.3, -0.25) is 0 Å². The average Bonchev–Trinajstić information content (AvgIpc) is 2.30. The van der Waals surface area contributed by atoms with Crippen LogP contribution in [-0.4, -0.2) is 76.4 Å². The molecule has 0 rings (SSSR count). The van der Waals surface area contributed by atoms with Crippen LogP contribution in [0.3, 0.4) is 0 Å². The first-order valence-corrected chi connectivity index (χ1v) is 7.77. The molecule has 0 heterocycles. The molecular weight excluding hydrogens is 250 g/mol. The summed E-state index contributed by atoms with van der Waals surface area (Å²) in [6.07, 6.45) is 1.41. The number of ether oxygens (including phenoxy) is 1. The van der Waals surface area contributed by atoms with E-state index in [1.807, 2.05) is 0 Å². The van der Waals surface area contributed by atoms with Crippen LogP contribution in [0.1, 0.15) is 34.1 Å². The largest absolute Gasteiger partial charge is 0.375 e. The normalized spacial score (nSPS) is 14.6. The fourth-order valence-corrected chi connectivity index (χ4v) is 1.89. The van der Waals surface area contributed by atoms with E-state index in [4.69, 9.17) is 4.74 Å². The molecule has 0 aliphatic heterocycles. The second-order valence-electron chi connectivity index (χ2n) is 7.48. The third-order valence-electron chi connectivity index (χ3n) is 3.27. The molecule has 0 aliphatic rings. The standard InChI is InChI=1S/C16H37N3O/c1-14(2)17-11-15(12-19(7)8)20-13-16(3,4)9-10-18(5)6/h14-15,17H,9-13H2,1-8H3. The molecule has 0 fully saturated rings. The lowest BCUT2D eigenvalue weighted by atomic mass is 9.90.